The number of methoxy groups -OCH3 is 2. The number of hydrogen-bond donors (Lipinski definition) is 1. The number of nitrogens with one attached hydrogen (secondary N) is 1. The second-order valence-corrected chi connectivity index (χ2v) is 7.82. The molecule has 0 aliphatic carbocycles. The van der Waals surface area contributed by atoms with Gasteiger partial charge >= 0.3 is 0 Å². The molecule has 9 nitrogen and oxygen atoms in total. The fraction of sp³-hybridized carbons (Fsp3) is 0.364. The molecule has 4 rings (SSSR count). The van der Waals surface area contributed by atoms with E-state index in [4.69, 9.17) is 25.6 Å². The molecule has 10 heteroatoms. The van der Waals surface area contributed by atoms with E-state index in [1.165, 1.54) is 0 Å². The summed E-state index contributed by atoms with van der Waals surface area (Å²) in [5.41, 5.74) is 1.32. The number of nitrogens with zero attached hydrogens (tertiary/aromatic N) is 4. The molecule has 3 heterocycles. The number of amides is 1. The Morgan fingerprint density at radius 2 is 2.00 bits per heavy atom. The van der Waals surface area contributed by atoms with Crippen molar-refractivity contribution in [2.24, 2.45) is 5.92 Å². The highest BCUT2D eigenvalue weighted by molar-refractivity contribution is 6.32. The standard InChI is InChI=1S/C22H24ClN5O4/c1-30-17-6-5-15(12-18(17)31-2)21-26-19(32-27-21)13-28-10-7-14(8-11-28)22(29)25-16-4-3-9-24-20(16)23/h3-6,9,12,14H,7-8,10-11,13H2,1-2H3,(H,25,29). The Morgan fingerprint density at radius 3 is 2.72 bits per heavy atom. The van der Waals surface area contributed by atoms with Crippen molar-refractivity contribution in [3.63, 3.8) is 0 Å². The van der Waals surface area contributed by atoms with Gasteiger partial charge in [-0.05, 0) is 56.3 Å². The maximum Gasteiger partial charge on any atom is 0.241 e. The smallest absolute Gasteiger partial charge is 0.241 e. The highest BCUT2D eigenvalue weighted by Crippen LogP contribution is 2.31. The van der Waals surface area contributed by atoms with Crippen molar-refractivity contribution in [3.8, 4) is 22.9 Å². The van der Waals surface area contributed by atoms with E-state index in [0.29, 0.717) is 40.6 Å². The molecule has 1 N–H and O–H groups in total. The molecule has 1 aromatic carbocycles. The molecule has 1 amide bonds. The summed E-state index contributed by atoms with van der Waals surface area (Å²) in [6, 6.07) is 8.96. The molecule has 0 radical (unpaired) electrons. The van der Waals surface area contributed by atoms with E-state index in [1.54, 1.807) is 38.6 Å². The summed E-state index contributed by atoms with van der Waals surface area (Å²) in [5.74, 6) is 2.14. The number of piperidine rings is 1. The van der Waals surface area contributed by atoms with Crippen molar-refractivity contribution in [1.29, 1.82) is 0 Å². The van der Waals surface area contributed by atoms with Crippen LogP contribution in [0.5, 0.6) is 11.5 Å². The summed E-state index contributed by atoms with van der Waals surface area (Å²) in [6.45, 7) is 2.04. The molecular weight excluding hydrogens is 434 g/mol. The zero-order chi connectivity index (χ0) is 22.5. The van der Waals surface area contributed by atoms with Crippen LogP contribution in [0.1, 0.15) is 18.7 Å². The van der Waals surface area contributed by atoms with Crippen LogP contribution < -0.4 is 14.8 Å². The lowest BCUT2D eigenvalue weighted by Gasteiger charge is -2.30. The van der Waals surface area contributed by atoms with Crippen LogP contribution in [-0.2, 0) is 11.3 Å². The average Bonchev–Trinajstić information content (AvgIpc) is 3.29. The normalized spacial score (nSPS) is 14.8. The molecule has 168 valence electrons. The van der Waals surface area contributed by atoms with Crippen molar-refractivity contribution in [2.75, 3.05) is 32.6 Å². The van der Waals surface area contributed by atoms with Gasteiger partial charge in [-0.25, -0.2) is 4.98 Å². The second kappa shape index (κ2) is 9.97. The molecule has 3 aromatic rings. The first-order valence-corrected chi connectivity index (χ1v) is 10.6. The molecule has 1 saturated heterocycles. The Balaban J connectivity index is 1.32. The van der Waals surface area contributed by atoms with Crippen LogP contribution in [0.2, 0.25) is 5.15 Å². The Morgan fingerprint density at radius 1 is 1.22 bits per heavy atom. The van der Waals surface area contributed by atoms with Gasteiger partial charge in [0.05, 0.1) is 26.5 Å². The van der Waals surface area contributed by atoms with Crippen molar-refractivity contribution in [3.05, 3.63) is 47.6 Å². The quantitative estimate of drug-likeness (QED) is 0.536. The third-order valence-corrected chi connectivity index (χ3v) is 5.75. The van der Waals surface area contributed by atoms with Crippen LogP contribution in [0.3, 0.4) is 0 Å². The first-order chi connectivity index (χ1) is 15.6. The van der Waals surface area contributed by atoms with E-state index in [2.05, 4.69) is 25.3 Å². The Hall–Kier alpha value is -3.17. The topological polar surface area (TPSA) is 103 Å². The van der Waals surface area contributed by atoms with Crippen molar-refractivity contribution in [1.82, 2.24) is 20.0 Å². The number of ether oxygens (including phenoxy) is 2. The van der Waals surface area contributed by atoms with Gasteiger partial charge in [0.25, 0.3) is 0 Å². The molecular formula is C22H24ClN5O4. The van der Waals surface area contributed by atoms with Crippen LogP contribution in [0.25, 0.3) is 11.4 Å². The number of halogens is 1. The van der Waals surface area contributed by atoms with Gasteiger partial charge in [0.15, 0.2) is 16.7 Å². The molecule has 0 atom stereocenters. The minimum absolute atomic E-state index is 0.0342. The molecule has 1 aliphatic rings. The Bertz CT molecular complexity index is 1080. The lowest BCUT2D eigenvalue weighted by Crippen LogP contribution is -2.37. The van der Waals surface area contributed by atoms with Gasteiger partial charge in [-0.2, -0.15) is 4.98 Å². The number of carbonyl (C=O) groups is 1. The summed E-state index contributed by atoms with van der Waals surface area (Å²) in [6.07, 6.45) is 3.06. The van der Waals surface area contributed by atoms with Gasteiger partial charge in [0, 0.05) is 17.7 Å². The monoisotopic (exact) mass is 457 g/mol. The number of rotatable bonds is 7. The third kappa shape index (κ3) is 5.00. The van der Waals surface area contributed by atoms with E-state index < -0.39 is 0 Å². The lowest BCUT2D eigenvalue weighted by atomic mass is 9.96. The van der Waals surface area contributed by atoms with Gasteiger partial charge in [-0.3, -0.25) is 9.69 Å². The number of anilines is 1. The number of aromatic nitrogens is 3. The van der Waals surface area contributed by atoms with Gasteiger partial charge in [0.1, 0.15) is 0 Å². The van der Waals surface area contributed by atoms with Crippen molar-refractivity contribution >= 4 is 23.2 Å². The third-order valence-electron chi connectivity index (χ3n) is 5.44. The van der Waals surface area contributed by atoms with Crippen LogP contribution in [0, 0.1) is 5.92 Å². The minimum Gasteiger partial charge on any atom is -0.493 e. The largest absolute Gasteiger partial charge is 0.493 e. The predicted molar refractivity (Wildman–Crippen MR) is 119 cm³/mol. The van der Waals surface area contributed by atoms with Gasteiger partial charge in [-0.1, -0.05) is 16.8 Å². The molecule has 1 fully saturated rings. The summed E-state index contributed by atoms with van der Waals surface area (Å²) >= 11 is 6.03. The maximum absolute atomic E-state index is 12.6. The molecule has 32 heavy (non-hydrogen) atoms. The first-order valence-electron chi connectivity index (χ1n) is 10.3. The van der Waals surface area contributed by atoms with E-state index >= 15 is 0 Å². The zero-order valence-corrected chi connectivity index (χ0v) is 18.6. The number of benzene rings is 1. The molecule has 0 bridgehead atoms. The summed E-state index contributed by atoms with van der Waals surface area (Å²) in [7, 11) is 3.17. The number of carbonyl (C=O) groups excluding carboxylic acids is 1. The van der Waals surface area contributed by atoms with E-state index in [9.17, 15) is 4.79 Å². The van der Waals surface area contributed by atoms with E-state index in [1.807, 2.05) is 12.1 Å². The molecule has 0 spiro atoms. The summed E-state index contributed by atoms with van der Waals surface area (Å²) in [5, 5.41) is 7.25. The van der Waals surface area contributed by atoms with E-state index in [-0.39, 0.29) is 11.8 Å². The van der Waals surface area contributed by atoms with Crippen molar-refractivity contribution < 1.29 is 18.8 Å². The Kier molecular flexibility index (Phi) is 6.87. The highest BCUT2D eigenvalue weighted by atomic mass is 35.5. The Labute approximate surface area is 190 Å². The van der Waals surface area contributed by atoms with Crippen LogP contribution >= 0.6 is 11.6 Å². The number of hydrogen-bond acceptors (Lipinski definition) is 8. The van der Waals surface area contributed by atoms with Crippen molar-refractivity contribution in [2.45, 2.75) is 19.4 Å². The lowest BCUT2D eigenvalue weighted by molar-refractivity contribution is -0.121. The number of pyridine rings is 1. The maximum atomic E-state index is 12.6. The SMILES string of the molecule is COc1ccc(-c2noc(CN3CCC(C(=O)Nc4cccnc4Cl)CC3)n2)cc1OC. The average molecular weight is 458 g/mol. The van der Waals surface area contributed by atoms with Gasteiger partial charge in [-0.15, -0.1) is 0 Å². The summed E-state index contributed by atoms with van der Waals surface area (Å²) < 4.78 is 16.0. The minimum atomic E-state index is -0.0764. The van der Waals surface area contributed by atoms with Crippen LogP contribution in [0.15, 0.2) is 41.1 Å². The molecule has 2 aromatic heterocycles. The van der Waals surface area contributed by atoms with Gasteiger partial charge in [0.2, 0.25) is 17.6 Å². The zero-order valence-electron chi connectivity index (χ0n) is 17.9. The van der Waals surface area contributed by atoms with E-state index in [0.717, 1.165) is 31.5 Å². The summed E-state index contributed by atoms with van der Waals surface area (Å²) in [4.78, 5) is 23.3. The van der Waals surface area contributed by atoms with Crippen LogP contribution in [-0.4, -0.2) is 53.2 Å². The molecule has 0 saturated carbocycles. The highest BCUT2D eigenvalue weighted by Gasteiger charge is 2.26. The predicted octanol–water partition coefficient (Wildman–Crippen LogP) is 3.65. The van der Waals surface area contributed by atoms with Gasteiger partial charge < -0.3 is 19.3 Å². The molecule has 1 aliphatic heterocycles. The second-order valence-electron chi connectivity index (χ2n) is 7.46. The molecule has 0 unspecified atom stereocenters. The van der Waals surface area contributed by atoms with Crippen LogP contribution in [0.4, 0.5) is 5.69 Å². The fourth-order valence-electron chi connectivity index (χ4n) is 3.67. The number of likely N-dealkylation sites (tertiary alicyclic amines) is 1. The fourth-order valence-corrected chi connectivity index (χ4v) is 3.84. The first kappa shape index (κ1) is 22.0.